The second-order valence-corrected chi connectivity index (χ2v) is 5.77. The minimum atomic E-state index is 0.124. The average molecular weight is 280 g/mol. The van der Waals surface area contributed by atoms with Gasteiger partial charge in [0.1, 0.15) is 0 Å². The number of nitrogen functional groups attached to an aromatic ring is 1. The highest BCUT2D eigenvalue weighted by Gasteiger charge is 2.23. The van der Waals surface area contributed by atoms with Gasteiger partial charge < -0.3 is 10.6 Å². The van der Waals surface area contributed by atoms with Crippen LogP contribution in [-0.2, 0) is 13.0 Å². The molecular weight excluding hydrogens is 260 g/mol. The minimum Gasteiger partial charge on any atom is -0.399 e. The fraction of sp³-hybridized carbons (Fsp3) is 0.278. The number of nitrogens with two attached hydrogens (primary N) is 1. The Kier molecular flexibility index (Phi) is 3.42. The maximum absolute atomic E-state index is 12.8. The third-order valence-electron chi connectivity index (χ3n) is 4.22. The third-order valence-corrected chi connectivity index (χ3v) is 4.22. The molecule has 2 N–H and O–H groups in total. The van der Waals surface area contributed by atoms with Crippen molar-refractivity contribution in [2.24, 2.45) is 0 Å². The summed E-state index contributed by atoms with van der Waals surface area (Å²) in [5.74, 6) is 0.124. The molecule has 3 rings (SSSR count). The number of nitrogens with zero attached hydrogens (tertiary/aromatic N) is 1. The second-order valence-electron chi connectivity index (χ2n) is 5.77. The van der Waals surface area contributed by atoms with E-state index >= 15 is 0 Å². The first-order valence-corrected chi connectivity index (χ1v) is 7.29. The Morgan fingerprint density at radius 2 is 1.81 bits per heavy atom. The highest BCUT2D eigenvalue weighted by Crippen LogP contribution is 2.24. The summed E-state index contributed by atoms with van der Waals surface area (Å²) in [6.07, 6.45) is 0.895. The molecule has 0 unspecified atom stereocenters. The lowest BCUT2D eigenvalue weighted by atomic mass is 9.96. The molecular formula is C18H20N2O. The van der Waals surface area contributed by atoms with Crippen LogP contribution in [0.15, 0.2) is 36.4 Å². The molecule has 0 saturated heterocycles. The van der Waals surface area contributed by atoms with Gasteiger partial charge in [-0.2, -0.15) is 0 Å². The molecule has 108 valence electrons. The van der Waals surface area contributed by atoms with E-state index in [4.69, 9.17) is 5.73 Å². The summed E-state index contributed by atoms with van der Waals surface area (Å²) < 4.78 is 0. The summed E-state index contributed by atoms with van der Waals surface area (Å²) in [6, 6.07) is 12.0. The Morgan fingerprint density at radius 3 is 2.52 bits per heavy atom. The van der Waals surface area contributed by atoms with Crippen LogP contribution in [0.3, 0.4) is 0 Å². The van der Waals surface area contributed by atoms with Crippen molar-refractivity contribution in [3.63, 3.8) is 0 Å². The topological polar surface area (TPSA) is 46.3 Å². The van der Waals surface area contributed by atoms with Crippen molar-refractivity contribution in [2.75, 3.05) is 12.3 Å². The largest absolute Gasteiger partial charge is 0.399 e. The Morgan fingerprint density at radius 1 is 1.10 bits per heavy atom. The van der Waals surface area contributed by atoms with Crippen LogP contribution < -0.4 is 5.73 Å². The standard InChI is InChI=1S/C18H20N2O/c1-12-4-3-5-13(2)17(12)18(21)20-9-8-14-6-7-16(19)10-15(14)11-20/h3-7,10H,8-9,11,19H2,1-2H3. The molecule has 2 aromatic carbocycles. The molecule has 0 radical (unpaired) electrons. The molecule has 21 heavy (non-hydrogen) atoms. The molecule has 3 heteroatoms. The fourth-order valence-electron chi connectivity index (χ4n) is 3.06. The molecule has 1 aliphatic rings. The number of hydrogen-bond donors (Lipinski definition) is 1. The van der Waals surface area contributed by atoms with E-state index in [-0.39, 0.29) is 5.91 Å². The van der Waals surface area contributed by atoms with Gasteiger partial charge in [-0.1, -0.05) is 24.3 Å². The van der Waals surface area contributed by atoms with E-state index in [1.165, 1.54) is 11.1 Å². The maximum Gasteiger partial charge on any atom is 0.254 e. The summed E-state index contributed by atoms with van der Waals surface area (Å²) in [5, 5.41) is 0. The molecule has 1 amide bonds. The van der Waals surface area contributed by atoms with Crippen LogP contribution in [0.4, 0.5) is 5.69 Å². The molecule has 1 heterocycles. The van der Waals surface area contributed by atoms with Crippen LogP contribution in [0.2, 0.25) is 0 Å². The summed E-state index contributed by atoms with van der Waals surface area (Å²) in [5.41, 5.74) is 12.0. The van der Waals surface area contributed by atoms with Crippen LogP contribution in [0.25, 0.3) is 0 Å². The Balaban J connectivity index is 1.91. The van der Waals surface area contributed by atoms with Crippen molar-refractivity contribution < 1.29 is 4.79 Å². The van der Waals surface area contributed by atoms with E-state index in [1.54, 1.807) is 0 Å². The van der Waals surface area contributed by atoms with E-state index in [0.717, 1.165) is 35.3 Å². The number of carbonyl (C=O) groups is 1. The Hall–Kier alpha value is -2.29. The van der Waals surface area contributed by atoms with Gasteiger partial charge in [0.2, 0.25) is 0 Å². The molecule has 0 bridgehead atoms. The van der Waals surface area contributed by atoms with Gasteiger partial charge in [0, 0.05) is 24.3 Å². The molecule has 0 aliphatic carbocycles. The normalized spacial score (nSPS) is 13.9. The summed E-state index contributed by atoms with van der Waals surface area (Å²) in [6.45, 7) is 5.41. The maximum atomic E-state index is 12.8. The molecule has 0 aromatic heterocycles. The van der Waals surface area contributed by atoms with Gasteiger partial charge in [0.25, 0.3) is 5.91 Å². The molecule has 3 nitrogen and oxygen atoms in total. The van der Waals surface area contributed by atoms with E-state index in [2.05, 4.69) is 6.07 Å². The smallest absolute Gasteiger partial charge is 0.254 e. The average Bonchev–Trinajstić information content (AvgIpc) is 2.46. The van der Waals surface area contributed by atoms with Crippen molar-refractivity contribution in [1.82, 2.24) is 4.90 Å². The van der Waals surface area contributed by atoms with Crippen LogP contribution in [0, 0.1) is 13.8 Å². The molecule has 2 aromatic rings. The first kappa shape index (κ1) is 13.7. The monoisotopic (exact) mass is 280 g/mol. The van der Waals surface area contributed by atoms with Crippen LogP contribution in [0.5, 0.6) is 0 Å². The summed E-state index contributed by atoms with van der Waals surface area (Å²) >= 11 is 0. The van der Waals surface area contributed by atoms with E-state index in [9.17, 15) is 4.79 Å². The van der Waals surface area contributed by atoms with Crippen molar-refractivity contribution in [3.05, 3.63) is 64.2 Å². The number of aryl methyl sites for hydroxylation is 2. The zero-order valence-electron chi connectivity index (χ0n) is 12.5. The zero-order valence-corrected chi connectivity index (χ0v) is 12.5. The molecule has 0 fully saturated rings. The summed E-state index contributed by atoms with van der Waals surface area (Å²) in [4.78, 5) is 14.8. The highest BCUT2D eigenvalue weighted by molar-refractivity contribution is 5.97. The number of hydrogen-bond acceptors (Lipinski definition) is 2. The van der Waals surface area contributed by atoms with E-state index < -0.39 is 0 Å². The van der Waals surface area contributed by atoms with Crippen molar-refractivity contribution in [3.8, 4) is 0 Å². The van der Waals surface area contributed by atoms with Gasteiger partial charge in [0.15, 0.2) is 0 Å². The number of anilines is 1. The van der Waals surface area contributed by atoms with E-state index in [0.29, 0.717) is 6.54 Å². The lowest BCUT2D eigenvalue weighted by Crippen LogP contribution is -2.36. The molecule has 0 saturated carbocycles. The molecule has 0 spiro atoms. The third kappa shape index (κ3) is 2.51. The second kappa shape index (κ2) is 5.24. The zero-order chi connectivity index (χ0) is 15.0. The highest BCUT2D eigenvalue weighted by atomic mass is 16.2. The van der Waals surface area contributed by atoms with Gasteiger partial charge in [0.05, 0.1) is 0 Å². The van der Waals surface area contributed by atoms with Gasteiger partial charge >= 0.3 is 0 Å². The predicted octanol–water partition coefficient (Wildman–Crippen LogP) is 3.08. The Labute approximate surface area is 125 Å². The first-order valence-electron chi connectivity index (χ1n) is 7.29. The fourth-order valence-corrected chi connectivity index (χ4v) is 3.06. The number of benzene rings is 2. The van der Waals surface area contributed by atoms with Gasteiger partial charge in [-0.25, -0.2) is 0 Å². The quantitative estimate of drug-likeness (QED) is 0.816. The van der Waals surface area contributed by atoms with Crippen molar-refractivity contribution >= 4 is 11.6 Å². The van der Waals surface area contributed by atoms with Crippen LogP contribution in [-0.4, -0.2) is 17.4 Å². The number of amides is 1. The number of carbonyl (C=O) groups excluding carboxylic acids is 1. The predicted molar refractivity (Wildman–Crippen MR) is 85.2 cm³/mol. The SMILES string of the molecule is Cc1cccc(C)c1C(=O)N1CCc2ccc(N)cc2C1. The van der Waals surface area contributed by atoms with Crippen LogP contribution in [0.1, 0.15) is 32.6 Å². The number of fused-ring (bicyclic) bond motifs is 1. The first-order chi connectivity index (χ1) is 10.1. The lowest BCUT2D eigenvalue weighted by molar-refractivity contribution is 0.0733. The lowest BCUT2D eigenvalue weighted by Gasteiger charge is -2.30. The van der Waals surface area contributed by atoms with Crippen LogP contribution >= 0.6 is 0 Å². The van der Waals surface area contributed by atoms with Gasteiger partial charge in [-0.3, -0.25) is 4.79 Å². The van der Waals surface area contributed by atoms with E-state index in [1.807, 2.05) is 49.1 Å². The molecule has 1 aliphatic heterocycles. The Bertz CT molecular complexity index is 686. The molecule has 0 atom stereocenters. The van der Waals surface area contributed by atoms with Crippen molar-refractivity contribution in [1.29, 1.82) is 0 Å². The van der Waals surface area contributed by atoms with Crippen molar-refractivity contribution in [2.45, 2.75) is 26.8 Å². The van der Waals surface area contributed by atoms with Gasteiger partial charge in [-0.15, -0.1) is 0 Å². The number of rotatable bonds is 1. The van der Waals surface area contributed by atoms with Gasteiger partial charge in [-0.05, 0) is 54.7 Å². The summed E-state index contributed by atoms with van der Waals surface area (Å²) in [7, 11) is 0. The minimum absolute atomic E-state index is 0.124.